The number of aromatic amines is 1. The lowest BCUT2D eigenvalue weighted by molar-refractivity contribution is 0.0118. The number of rotatable bonds is 3. The largest absolute Gasteiger partial charge is 0.371 e. The van der Waals surface area contributed by atoms with Gasteiger partial charge in [0.1, 0.15) is 5.60 Å². The van der Waals surface area contributed by atoms with Gasteiger partial charge in [0, 0.05) is 32.3 Å². The van der Waals surface area contributed by atoms with Gasteiger partial charge in [0.2, 0.25) is 5.95 Å². The van der Waals surface area contributed by atoms with Crippen molar-refractivity contribution >= 4 is 5.95 Å². The van der Waals surface area contributed by atoms with Gasteiger partial charge in [-0.2, -0.15) is 4.98 Å². The maximum Gasteiger partial charge on any atom is 0.244 e. The summed E-state index contributed by atoms with van der Waals surface area (Å²) in [7, 11) is 1.68. The molecule has 0 aromatic carbocycles. The van der Waals surface area contributed by atoms with Crippen LogP contribution in [0.2, 0.25) is 0 Å². The van der Waals surface area contributed by atoms with Gasteiger partial charge in [-0.15, -0.1) is 5.10 Å². The molecule has 2 unspecified atom stereocenters. The highest BCUT2D eigenvalue weighted by Crippen LogP contribution is 2.22. The zero-order valence-electron chi connectivity index (χ0n) is 11.8. The zero-order chi connectivity index (χ0) is 13.3. The maximum atomic E-state index is 5.40. The van der Waals surface area contributed by atoms with Crippen LogP contribution in [0.15, 0.2) is 0 Å². The molecular formula is C12H23N5O. The van der Waals surface area contributed by atoms with Crippen LogP contribution in [0.4, 0.5) is 5.95 Å². The first-order valence-corrected chi connectivity index (χ1v) is 6.41. The van der Waals surface area contributed by atoms with Gasteiger partial charge in [-0.05, 0) is 27.7 Å². The van der Waals surface area contributed by atoms with Crippen LogP contribution in [0.5, 0.6) is 0 Å². The lowest BCUT2D eigenvalue weighted by Crippen LogP contribution is -2.54. The molecule has 0 bridgehead atoms. The molecule has 2 rings (SSSR count). The number of H-pyrrole nitrogens is 1. The van der Waals surface area contributed by atoms with Crippen molar-refractivity contribution in [2.24, 2.45) is 0 Å². The molecule has 1 aliphatic rings. The first-order valence-electron chi connectivity index (χ1n) is 6.41. The summed E-state index contributed by atoms with van der Waals surface area (Å²) in [5.74, 6) is 1.52. The third kappa shape index (κ3) is 2.64. The summed E-state index contributed by atoms with van der Waals surface area (Å²) in [5, 5.41) is 10.8. The molecule has 0 saturated carbocycles. The Balaban J connectivity index is 2.15. The van der Waals surface area contributed by atoms with Crippen LogP contribution in [0.25, 0.3) is 0 Å². The minimum atomic E-state index is -0.434. The Bertz CT molecular complexity index is 393. The lowest BCUT2D eigenvalue weighted by atomic mass is 10.1. The highest BCUT2D eigenvalue weighted by Gasteiger charge is 2.28. The van der Waals surface area contributed by atoms with E-state index in [1.165, 1.54) is 0 Å². The van der Waals surface area contributed by atoms with Crippen molar-refractivity contribution < 1.29 is 4.74 Å². The molecule has 102 valence electrons. The van der Waals surface area contributed by atoms with E-state index in [-0.39, 0.29) is 0 Å². The summed E-state index contributed by atoms with van der Waals surface area (Å²) in [5.41, 5.74) is -0.434. The molecular weight excluding hydrogens is 230 g/mol. The first-order chi connectivity index (χ1) is 8.42. The Labute approximate surface area is 108 Å². The molecule has 1 aliphatic heterocycles. The fraction of sp³-hybridized carbons (Fsp3) is 0.833. The smallest absolute Gasteiger partial charge is 0.244 e. The zero-order valence-corrected chi connectivity index (χ0v) is 11.8. The van der Waals surface area contributed by atoms with Crippen LogP contribution in [0.3, 0.4) is 0 Å². The minimum Gasteiger partial charge on any atom is -0.371 e. The van der Waals surface area contributed by atoms with Crippen LogP contribution >= 0.6 is 0 Å². The van der Waals surface area contributed by atoms with E-state index in [0.29, 0.717) is 12.1 Å². The average Bonchev–Trinajstić information content (AvgIpc) is 2.77. The van der Waals surface area contributed by atoms with E-state index in [1.54, 1.807) is 7.11 Å². The lowest BCUT2D eigenvalue weighted by Gasteiger charge is -2.35. The fourth-order valence-corrected chi connectivity index (χ4v) is 2.25. The number of nitrogens with one attached hydrogen (secondary N) is 2. The molecule has 0 radical (unpaired) electrons. The second-order valence-electron chi connectivity index (χ2n) is 5.57. The molecule has 2 N–H and O–H groups in total. The number of nitrogens with zero attached hydrogens (tertiary/aromatic N) is 3. The van der Waals surface area contributed by atoms with Crippen LogP contribution in [0.1, 0.15) is 33.5 Å². The Kier molecular flexibility index (Phi) is 3.59. The number of anilines is 1. The summed E-state index contributed by atoms with van der Waals surface area (Å²) in [6, 6.07) is 0.900. The molecule has 1 aromatic heterocycles. The highest BCUT2D eigenvalue weighted by atomic mass is 16.5. The quantitative estimate of drug-likeness (QED) is 0.837. The minimum absolute atomic E-state index is 0.434. The summed E-state index contributed by atoms with van der Waals surface area (Å²) in [4.78, 5) is 6.76. The van der Waals surface area contributed by atoms with Crippen LogP contribution in [-0.2, 0) is 10.3 Å². The number of methoxy groups -OCH3 is 1. The molecule has 1 aromatic rings. The normalized spacial score (nSPS) is 25.5. The number of hydrogen-bond acceptors (Lipinski definition) is 5. The molecule has 0 spiro atoms. The van der Waals surface area contributed by atoms with Gasteiger partial charge >= 0.3 is 0 Å². The van der Waals surface area contributed by atoms with Gasteiger partial charge in [0.15, 0.2) is 5.82 Å². The molecule has 2 atom stereocenters. The van der Waals surface area contributed by atoms with Crippen molar-refractivity contribution in [3.8, 4) is 0 Å². The molecule has 1 saturated heterocycles. The summed E-state index contributed by atoms with van der Waals surface area (Å²) in [6.07, 6.45) is 0. The second-order valence-corrected chi connectivity index (χ2v) is 5.57. The first kappa shape index (κ1) is 13.3. The molecule has 6 heteroatoms. The van der Waals surface area contributed by atoms with Crippen molar-refractivity contribution in [3.63, 3.8) is 0 Å². The number of ether oxygens (including phenoxy) is 1. The van der Waals surface area contributed by atoms with Crippen molar-refractivity contribution in [1.29, 1.82) is 0 Å². The molecule has 6 nitrogen and oxygen atoms in total. The fourth-order valence-electron chi connectivity index (χ4n) is 2.25. The van der Waals surface area contributed by atoms with E-state index in [0.717, 1.165) is 24.9 Å². The Hall–Kier alpha value is -1.14. The van der Waals surface area contributed by atoms with Gasteiger partial charge in [-0.25, -0.2) is 0 Å². The van der Waals surface area contributed by atoms with E-state index in [9.17, 15) is 0 Å². The Morgan fingerprint density at radius 2 is 1.89 bits per heavy atom. The average molecular weight is 253 g/mol. The number of aromatic nitrogens is 3. The highest BCUT2D eigenvalue weighted by molar-refractivity contribution is 5.31. The van der Waals surface area contributed by atoms with Gasteiger partial charge in [0.25, 0.3) is 0 Å². The molecule has 1 fully saturated rings. The Morgan fingerprint density at radius 1 is 1.28 bits per heavy atom. The van der Waals surface area contributed by atoms with E-state index < -0.39 is 5.60 Å². The number of hydrogen-bond donors (Lipinski definition) is 2. The van der Waals surface area contributed by atoms with Gasteiger partial charge < -0.3 is 15.0 Å². The SMILES string of the molecule is COC(C)(C)c1nc(N2CC(C)NC(C)C2)n[nH]1. The van der Waals surface area contributed by atoms with Crippen molar-refractivity contribution in [3.05, 3.63) is 5.82 Å². The van der Waals surface area contributed by atoms with Crippen LogP contribution < -0.4 is 10.2 Å². The Morgan fingerprint density at radius 3 is 2.44 bits per heavy atom. The van der Waals surface area contributed by atoms with Crippen LogP contribution in [-0.4, -0.2) is 47.5 Å². The third-order valence-corrected chi connectivity index (χ3v) is 3.39. The van der Waals surface area contributed by atoms with E-state index in [4.69, 9.17) is 4.74 Å². The maximum absolute atomic E-state index is 5.40. The van der Waals surface area contributed by atoms with E-state index in [2.05, 4.69) is 39.2 Å². The summed E-state index contributed by atoms with van der Waals surface area (Å²) >= 11 is 0. The molecule has 2 heterocycles. The van der Waals surface area contributed by atoms with Crippen molar-refractivity contribution in [2.45, 2.75) is 45.4 Å². The predicted octanol–water partition coefficient (Wildman–Crippen LogP) is 0.873. The monoisotopic (exact) mass is 253 g/mol. The molecule has 0 amide bonds. The van der Waals surface area contributed by atoms with Crippen molar-refractivity contribution in [2.75, 3.05) is 25.1 Å². The summed E-state index contributed by atoms with van der Waals surface area (Å²) < 4.78 is 5.40. The predicted molar refractivity (Wildman–Crippen MR) is 70.7 cm³/mol. The van der Waals surface area contributed by atoms with Gasteiger partial charge in [0.05, 0.1) is 0 Å². The standard InChI is InChI=1S/C12H23N5O/c1-8-6-17(7-9(2)13-8)11-14-10(15-16-11)12(3,4)18-5/h8-9,13H,6-7H2,1-5H3,(H,14,15,16). The third-order valence-electron chi connectivity index (χ3n) is 3.39. The number of piperazine rings is 1. The van der Waals surface area contributed by atoms with Crippen LogP contribution in [0, 0.1) is 0 Å². The molecule has 0 aliphatic carbocycles. The van der Waals surface area contributed by atoms with Gasteiger partial charge in [-0.1, -0.05) is 0 Å². The van der Waals surface area contributed by atoms with E-state index >= 15 is 0 Å². The molecule has 18 heavy (non-hydrogen) atoms. The van der Waals surface area contributed by atoms with E-state index in [1.807, 2.05) is 13.8 Å². The second kappa shape index (κ2) is 4.85. The van der Waals surface area contributed by atoms with Gasteiger partial charge in [-0.3, -0.25) is 5.10 Å². The topological polar surface area (TPSA) is 66.1 Å². The summed E-state index contributed by atoms with van der Waals surface area (Å²) in [6.45, 7) is 10.1. The van der Waals surface area contributed by atoms with Crippen molar-refractivity contribution in [1.82, 2.24) is 20.5 Å².